The van der Waals surface area contributed by atoms with Crippen molar-refractivity contribution in [2.45, 2.75) is 0 Å². The number of hydrogen-bond acceptors (Lipinski definition) is 6. The number of hydrogen-bond donors (Lipinski definition) is 0. The van der Waals surface area contributed by atoms with Crippen molar-refractivity contribution < 1.29 is 4.92 Å². The van der Waals surface area contributed by atoms with Crippen LogP contribution in [-0.2, 0) is 0 Å². The third-order valence-electron chi connectivity index (χ3n) is 3.18. The van der Waals surface area contributed by atoms with Gasteiger partial charge in [-0.15, -0.1) is 0 Å². The van der Waals surface area contributed by atoms with E-state index in [-0.39, 0.29) is 17.3 Å². The summed E-state index contributed by atoms with van der Waals surface area (Å²) in [5.41, 5.74) is 0.618. The molecule has 0 unspecified atom stereocenters. The van der Waals surface area contributed by atoms with Gasteiger partial charge in [-0.1, -0.05) is 18.2 Å². The molecule has 0 atom stereocenters. The van der Waals surface area contributed by atoms with Gasteiger partial charge in [0.15, 0.2) is 0 Å². The standard InChI is InChI=1S/C14H12N6O2/c1-18(11-5-3-2-4-6-11)13-12(20(21)22)14(17-9-16-13)19-8-7-15-10-19/h2-10H,1H3. The van der Waals surface area contributed by atoms with Gasteiger partial charge in [-0.25, -0.2) is 15.0 Å². The van der Waals surface area contributed by atoms with E-state index >= 15 is 0 Å². The molecule has 0 aliphatic heterocycles. The fraction of sp³-hybridized carbons (Fsp3) is 0.0714. The summed E-state index contributed by atoms with van der Waals surface area (Å²) in [4.78, 5) is 24.7. The molecule has 3 rings (SSSR count). The first-order valence-corrected chi connectivity index (χ1v) is 6.45. The fourth-order valence-electron chi connectivity index (χ4n) is 2.12. The Hall–Kier alpha value is -3.29. The lowest BCUT2D eigenvalue weighted by Crippen LogP contribution is -2.15. The Morgan fingerprint density at radius 1 is 1.23 bits per heavy atom. The minimum absolute atomic E-state index is 0.174. The molecule has 110 valence electrons. The number of nitro groups is 1. The molecular weight excluding hydrogens is 284 g/mol. The summed E-state index contributed by atoms with van der Waals surface area (Å²) < 4.78 is 1.49. The quantitative estimate of drug-likeness (QED) is 0.542. The summed E-state index contributed by atoms with van der Waals surface area (Å²) in [5.74, 6) is 0.394. The highest BCUT2D eigenvalue weighted by Gasteiger charge is 2.27. The van der Waals surface area contributed by atoms with Gasteiger partial charge in [-0.05, 0) is 12.1 Å². The number of nitrogens with zero attached hydrogens (tertiary/aromatic N) is 6. The van der Waals surface area contributed by atoms with Crippen LogP contribution < -0.4 is 4.90 Å². The number of benzene rings is 1. The van der Waals surface area contributed by atoms with Crippen molar-refractivity contribution in [3.8, 4) is 5.82 Å². The lowest BCUT2D eigenvalue weighted by molar-refractivity contribution is -0.384. The molecule has 0 spiro atoms. The highest BCUT2D eigenvalue weighted by Crippen LogP contribution is 2.33. The minimum atomic E-state index is -0.482. The molecule has 8 heteroatoms. The molecule has 0 saturated heterocycles. The zero-order chi connectivity index (χ0) is 15.5. The van der Waals surface area contributed by atoms with E-state index in [0.29, 0.717) is 0 Å². The second-order valence-corrected chi connectivity index (χ2v) is 4.49. The van der Waals surface area contributed by atoms with Crippen LogP contribution in [0.5, 0.6) is 0 Å². The van der Waals surface area contributed by atoms with E-state index in [0.717, 1.165) is 5.69 Å². The first-order valence-electron chi connectivity index (χ1n) is 6.45. The number of para-hydroxylation sites is 1. The number of aromatic nitrogens is 4. The Kier molecular flexibility index (Phi) is 3.48. The van der Waals surface area contributed by atoms with Crippen molar-refractivity contribution in [2.24, 2.45) is 0 Å². The van der Waals surface area contributed by atoms with E-state index in [1.165, 1.54) is 23.4 Å². The van der Waals surface area contributed by atoms with Crippen LogP contribution in [0.4, 0.5) is 17.2 Å². The van der Waals surface area contributed by atoms with E-state index in [4.69, 9.17) is 0 Å². The van der Waals surface area contributed by atoms with Crippen LogP contribution >= 0.6 is 0 Å². The van der Waals surface area contributed by atoms with E-state index in [2.05, 4.69) is 15.0 Å². The molecule has 0 aliphatic carbocycles. The maximum absolute atomic E-state index is 11.5. The lowest BCUT2D eigenvalue weighted by Gasteiger charge is -2.18. The SMILES string of the molecule is CN(c1ccccc1)c1ncnc(-n2ccnc2)c1[N+](=O)[O-]. The summed E-state index contributed by atoms with van der Waals surface area (Å²) in [6, 6.07) is 9.29. The van der Waals surface area contributed by atoms with Crippen molar-refractivity contribution in [3.63, 3.8) is 0 Å². The average Bonchev–Trinajstić information content (AvgIpc) is 3.08. The van der Waals surface area contributed by atoms with E-state index in [1.54, 1.807) is 18.1 Å². The van der Waals surface area contributed by atoms with Crippen LogP contribution in [-0.4, -0.2) is 31.5 Å². The van der Waals surface area contributed by atoms with Crippen LogP contribution in [0.3, 0.4) is 0 Å². The van der Waals surface area contributed by atoms with Crippen molar-refractivity contribution in [1.29, 1.82) is 0 Å². The van der Waals surface area contributed by atoms with Gasteiger partial charge in [0.05, 0.1) is 4.92 Å². The summed E-state index contributed by atoms with van der Waals surface area (Å²) >= 11 is 0. The van der Waals surface area contributed by atoms with Gasteiger partial charge in [-0.3, -0.25) is 14.7 Å². The van der Waals surface area contributed by atoms with Crippen LogP contribution in [0.25, 0.3) is 5.82 Å². The third kappa shape index (κ3) is 2.37. The molecule has 2 aromatic heterocycles. The normalized spacial score (nSPS) is 10.4. The van der Waals surface area contributed by atoms with Gasteiger partial charge in [-0.2, -0.15) is 0 Å². The summed E-state index contributed by atoms with van der Waals surface area (Å²) in [6.45, 7) is 0. The maximum atomic E-state index is 11.5. The van der Waals surface area contributed by atoms with Crippen LogP contribution in [0.15, 0.2) is 55.4 Å². The Morgan fingerprint density at radius 3 is 2.64 bits per heavy atom. The van der Waals surface area contributed by atoms with Crippen LogP contribution in [0.1, 0.15) is 0 Å². The Balaban J connectivity index is 2.16. The minimum Gasteiger partial charge on any atom is -0.324 e. The predicted molar refractivity (Wildman–Crippen MR) is 80.3 cm³/mol. The number of imidazole rings is 1. The molecule has 1 aromatic carbocycles. The van der Waals surface area contributed by atoms with Crippen LogP contribution in [0, 0.1) is 10.1 Å². The summed E-state index contributed by atoms with van der Waals surface area (Å²) in [7, 11) is 1.72. The highest BCUT2D eigenvalue weighted by atomic mass is 16.6. The molecule has 2 heterocycles. The Bertz CT molecular complexity index is 788. The van der Waals surface area contributed by atoms with E-state index in [9.17, 15) is 10.1 Å². The Labute approximate surface area is 125 Å². The first kappa shape index (κ1) is 13.7. The van der Waals surface area contributed by atoms with Crippen molar-refractivity contribution in [3.05, 3.63) is 65.5 Å². The summed E-state index contributed by atoms with van der Waals surface area (Å²) in [6.07, 6.45) is 5.90. The van der Waals surface area contributed by atoms with Gasteiger partial charge in [0, 0.05) is 25.1 Å². The largest absolute Gasteiger partial charge is 0.354 e. The zero-order valence-corrected chi connectivity index (χ0v) is 11.7. The molecular formula is C14H12N6O2. The lowest BCUT2D eigenvalue weighted by atomic mass is 10.3. The molecule has 0 aliphatic rings. The zero-order valence-electron chi connectivity index (χ0n) is 11.7. The van der Waals surface area contributed by atoms with Crippen LogP contribution in [0.2, 0.25) is 0 Å². The third-order valence-corrected chi connectivity index (χ3v) is 3.18. The van der Waals surface area contributed by atoms with Gasteiger partial charge in [0.2, 0.25) is 11.6 Å². The molecule has 8 nitrogen and oxygen atoms in total. The summed E-state index contributed by atoms with van der Waals surface area (Å²) in [5, 5.41) is 11.5. The van der Waals surface area contributed by atoms with E-state index < -0.39 is 4.92 Å². The first-order chi connectivity index (χ1) is 10.7. The topological polar surface area (TPSA) is 90.0 Å². The fourth-order valence-corrected chi connectivity index (χ4v) is 2.12. The average molecular weight is 296 g/mol. The maximum Gasteiger partial charge on any atom is 0.354 e. The Morgan fingerprint density at radius 2 is 2.00 bits per heavy atom. The van der Waals surface area contributed by atoms with Crippen molar-refractivity contribution in [1.82, 2.24) is 19.5 Å². The van der Waals surface area contributed by atoms with Crippen molar-refractivity contribution >= 4 is 17.2 Å². The number of rotatable bonds is 4. The van der Waals surface area contributed by atoms with Gasteiger partial charge < -0.3 is 4.90 Å². The predicted octanol–water partition coefficient (Wildman–Crippen LogP) is 2.34. The van der Waals surface area contributed by atoms with Gasteiger partial charge in [0.1, 0.15) is 12.7 Å². The molecule has 0 saturated carbocycles. The number of anilines is 2. The molecule has 0 N–H and O–H groups in total. The molecule has 22 heavy (non-hydrogen) atoms. The molecule has 0 amide bonds. The molecule has 0 radical (unpaired) electrons. The highest BCUT2D eigenvalue weighted by molar-refractivity contribution is 5.71. The second kappa shape index (κ2) is 5.60. The van der Waals surface area contributed by atoms with Gasteiger partial charge >= 0.3 is 5.69 Å². The molecule has 0 fully saturated rings. The molecule has 3 aromatic rings. The smallest absolute Gasteiger partial charge is 0.324 e. The molecule has 0 bridgehead atoms. The monoisotopic (exact) mass is 296 g/mol. The van der Waals surface area contributed by atoms with Gasteiger partial charge in [0.25, 0.3) is 0 Å². The van der Waals surface area contributed by atoms with E-state index in [1.807, 2.05) is 30.3 Å². The van der Waals surface area contributed by atoms with Crippen molar-refractivity contribution in [2.75, 3.05) is 11.9 Å². The second-order valence-electron chi connectivity index (χ2n) is 4.49.